The van der Waals surface area contributed by atoms with Crippen molar-refractivity contribution in [2.24, 2.45) is 5.73 Å². The molecule has 0 radical (unpaired) electrons. The van der Waals surface area contributed by atoms with Crippen molar-refractivity contribution in [3.63, 3.8) is 0 Å². The van der Waals surface area contributed by atoms with Crippen LogP contribution in [-0.2, 0) is 0 Å². The van der Waals surface area contributed by atoms with Gasteiger partial charge in [0.25, 0.3) is 6.43 Å². The third kappa shape index (κ3) is 2.43. The van der Waals surface area contributed by atoms with Gasteiger partial charge in [-0.15, -0.1) is 0 Å². The average molecular weight is 330 g/mol. The summed E-state index contributed by atoms with van der Waals surface area (Å²) < 4.78 is 25.9. The third-order valence-corrected chi connectivity index (χ3v) is 2.87. The van der Waals surface area contributed by atoms with Gasteiger partial charge < -0.3 is 11.5 Å². The van der Waals surface area contributed by atoms with Crippen molar-refractivity contribution in [3.05, 3.63) is 26.6 Å². The molecule has 1 atom stereocenters. The Morgan fingerprint density at radius 2 is 1.79 bits per heavy atom. The second-order valence-corrected chi connectivity index (χ2v) is 4.52. The van der Waals surface area contributed by atoms with E-state index in [4.69, 9.17) is 11.5 Å². The van der Waals surface area contributed by atoms with Crippen LogP contribution in [-0.4, -0.2) is 6.43 Å². The summed E-state index contributed by atoms with van der Waals surface area (Å²) in [5, 5.41) is 0. The topological polar surface area (TPSA) is 52.0 Å². The van der Waals surface area contributed by atoms with E-state index >= 15 is 0 Å². The Kier molecular flexibility index (Phi) is 3.86. The minimum absolute atomic E-state index is 0.237. The van der Waals surface area contributed by atoms with E-state index in [0.717, 1.165) is 0 Å². The van der Waals surface area contributed by atoms with Crippen LogP contribution in [0.4, 0.5) is 14.5 Å². The minimum Gasteiger partial charge on any atom is -0.398 e. The summed E-state index contributed by atoms with van der Waals surface area (Å²) in [6.07, 6.45) is -2.63. The van der Waals surface area contributed by atoms with Crippen LogP contribution in [0.2, 0.25) is 0 Å². The van der Waals surface area contributed by atoms with Gasteiger partial charge in [0.2, 0.25) is 0 Å². The summed E-state index contributed by atoms with van der Waals surface area (Å²) in [7, 11) is 0. The maximum atomic E-state index is 12.3. The van der Waals surface area contributed by atoms with E-state index in [1.807, 2.05) is 0 Å². The lowest BCUT2D eigenvalue weighted by atomic mass is 10.1. The van der Waals surface area contributed by atoms with Crippen LogP contribution < -0.4 is 11.5 Å². The van der Waals surface area contributed by atoms with Crippen LogP contribution in [0.25, 0.3) is 0 Å². The molecule has 78 valence electrons. The second kappa shape index (κ2) is 4.55. The van der Waals surface area contributed by atoms with Crippen LogP contribution in [0.3, 0.4) is 0 Å². The van der Waals surface area contributed by atoms with Gasteiger partial charge in [-0.3, -0.25) is 0 Å². The number of rotatable bonds is 2. The highest BCUT2D eigenvalue weighted by Gasteiger charge is 2.21. The zero-order chi connectivity index (χ0) is 10.9. The molecule has 0 bridgehead atoms. The number of hydrogen-bond acceptors (Lipinski definition) is 2. The molecule has 0 aromatic heterocycles. The standard InChI is InChI=1S/C8H8Br2F2N2/c9-3-1-4(7(14)8(11)12)6(13)5(10)2-3/h1-2,7-8H,13-14H2. The number of halogens is 4. The van der Waals surface area contributed by atoms with Crippen molar-refractivity contribution in [1.82, 2.24) is 0 Å². The van der Waals surface area contributed by atoms with Crippen molar-refractivity contribution < 1.29 is 8.78 Å². The van der Waals surface area contributed by atoms with Gasteiger partial charge >= 0.3 is 0 Å². The van der Waals surface area contributed by atoms with Gasteiger partial charge in [0.1, 0.15) is 0 Å². The van der Waals surface area contributed by atoms with Crippen LogP contribution in [0.15, 0.2) is 21.1 Å². The first-order valence-corrected chi connectivity index (χ1v) is 5.30. The van der Waals surface area contributed by atoms with Gasteiger partial charge in [0.15, 0.2) is 0 Å². The molecule has 0 aliphatic carbocycles. The highest BCUT2D eigenvalue weighted by atomic mass is 79.9. The molecular formula is C8H8Br2F2N2. The van der Waals surface area contributed by atoms with Gasteiger partial charge in [-0.2, -0.15) is 0 Å². The maximum absolute atomic E-state index is 12.3. The highest BCUT2D eigenvalue weighted by molar-refractivity contribution is 9.11. The first-order chi connectivity index (χ1) is 6.43. The second-order valence-electron chi connectivity index (χ2n) is 2.75. The van der Waals surface area contributed by atoms with Gasteiger partial charge in [-0.1, -0.05) is 15.9 Å². The lowest BCUT2D eigenvalue weighted by Crippen LogP contribution is -2.20. The first kappa shape index (κ1) is 11.9. The molecule has 1 aromatic rings. The Labute approximate surface area is 96.9 Å². The SMILES string of the molecule is Nc1c(Br)cc(Br)cc1C(N)C(F)F. The van der Waals surface area contributed by atoms with E-state index in [-0.39, 0.29) is 11.3 Å². The molecule has 6 heteroatoms. The normalized spacial score (nSPS) is 13.3. The van der Waals surface area contributed by atoms with Crippen LogP contribution in [0.1, 0.15) is 11.6 Å². The Bertz CT molecular complexity index is 344. The molecule has 1 unspecified atom stereocenters. The molecule has 2 nitrogen and oxygen atoms in total. The molecule has 14 heavy (non-hydrogen) atoms. The number of alkyl halides is 2. The van der Waals surface area contributed by atoms with Crippen molar-refractivity contribution in [2.45, 2.75) is 12.5 Å². The predicted molar refractivity (Wildman–Crippen MR) is 59.2 cm³/mol. The largest absolute Gasteiger partial charge is 0.398 e. The Morgan fingerprint density at radius 3 is 2.29 bits per heavy atom. The molecule has 0 saturated heterocycles. The van der Waals surface area contributed by atoms with Crippen molar-refractivity contribution >= 4 is 37.5 Å². The van der Waals surface area contributed by atoms with Crippen LogP contribution >= 0.6 is 31.9 Å². The fourth-order valence-corrected chi connectivity index (χ4v) is 2.27. The summed E-state index contributed by atoms with van der Waals surface area (Å²) in [4.78, 5) is 0. The first-order valence-electron chi connectivity index (χ1n) is 3.71. The molecule has 0 aliphatic rings. The zero-order valence-corrected chi connectivity index (χ0v) is 10.1. The van der Waals surface area contributed by atoms with Gasteiger partial charge in [0.05, 0.1) is 11.7 Å². The molecule has 0 heterocycles. The van der Waals surface area contributed by atoms with Crippen LogP contribution in [0, 0.1) is 0 Å². The summed E-state index contributed by atoms with van der Waals surface area (Å²) in [5.74, 6) is 0. The van der Waals surface area contributed by atoms with Crippen LogP contribution in [0.5, 0.6) is 0 Å². The van der Waals surface area contributed by atoms with Gasteiger partial charge in [0, 0.05) is 8.95 Å². The van der Waals surface area contributed by atoms with E-state index in [2.05, 4.69) is 31.9 Å². The molecule has 0 amide bonds. The molecule has 4 N–H and O–H groups in total. The summed E-state index contributed by atoms with van der Waals surface area (Å²) in [5.41, 5.74) is 11.4. The summed E-state index contributed by atoms with van der Waals surface area (Å²) in [6.45, 7) is 0. The quantitative estimate of drug-likeness (QED) is 0.819. The number of nitrogens with two attached hydrogens (primary N) is 2. The molecule has 0 spiro atoms. The van der Waals surface area contributed by atoms with Gasteiger partial charge in [-0.25, -0.2) is 8.78 Å². The Balaban J connectivity index is 3.20. The van der Waals surface area contributed by atoms with E-state index in [1.165, 1.54) is 6.07 Å². The fraction of sp³-hybridized carbons (Fsp3) is 0.250. The van der Waals surface area contributed by atoms with E-state index < -0.39 is 12.5 Å². The molecule has 1 aromatic carbocycles. The number of benzene rings is 1. The summed E-state index contributed by atoms with van der Waals surface area (Å²) in [6, 6.07) is 1.82. The van der Waals surface area contributed by atoms with E-state index in [1.54, 1.807) is 6.07 Å². The summed E-state index contributed by atoms with van der Waals surface area (Å²) >= 11 is 6.34. The number of nitrogen functional groups attached to an aromatic ring is 1. The minimum atomic E-state index is -2.63. The lowest BCUT2D eigenvalue weighted by Gasteiger charge is -2.14. The predicted octanol–water partition coefficient (Wildman–Crippen LogP) is 3.06. The monoisotopic (exact) mass is 328 g/mol. The molecule has 0 fully saturated rings. The number of anilines is 1. The maximum Gasteiger partial charge on any atom is 0.257 e. The molecular weight excluding hydrogens is 322 g/mol. The molecule has 1 rings (SSSR count). The Hall–Kier alpha value is -0.200. The third-order valence-electron chi connectivity index (χ3n) is 1.76. The Morgan fingerprint density at radius 1 is 1.21 bits per heavy atom. The molecule has 0 aliphatic heterocycles. The zero-order valence-electron chi connectivity index (χ0n) is 6.98. The fourth-order valence-electron chi connectivity index (χ4n) is 1.02. The van der Waals surface area contributed by atoms with E-state index in [0.29, 0.717) is 8.95 Å². The van der Waals surface area contributed by atoms with E-state index in [9.17, 15) is 8.78 Å². The lowest BCUT2D eigenvalue weighted by molar-refractivity contribution is 0.116. The van der Waals surface area contributed by atoms with Gasteiger partial charge in [-0.05, 0) is 33.6 Å². The highest BCUT2D eigenvalue weighted by Crippen LogP contribution is 2.33. The molecule has 0 saturated carbocycles. The smallest absolute Gasteiger partial charge is 0.257 e. The number of hydrogen-bond donors (Lipinski definition) is 2. The average Bonchev–Trinajstić information content (AvgIpc) is 2.09. The van der Waals surface area contributed by atoms with Crippen molar-refractivity contribution in [1.29, 1.82) is 0 Å². The van der Waals surface area contributed by atoms with Crippen molar-refractivity contribution in [2.75, 3.05) is 5.73 Å². The van der Waals surface area contributed by atoms with Crippen molar-refractivity contribution in [3.8, 4) is 0 Å².